The summed E-state index contributed by atoms with van der Waals surface area (Å²) in [6.07, 6.45) is 14.5. The first-order valence-corrected chi connectivity index (χ1v) is 8.41. The summed E-state index contributed by atoms with van der Waals surface area (Å²) in [6, 6.07) is 0. The predicted molar refractivity (Wildman–Crippen MR) is 89.6 cm³/mol. The van der Waals surface area contributed by atoms with Gasteiger partial charge in [-0.3, -0.25) is 0 Å². The molecule has 112 valence electrons. The van der Waals surface area contributed by atoms with Crippen LogP contribution in [0.4, 0.5) is 0 Å². The normalized spacial score (nSPS) is 12.4. The fourth-order valence-corrected chi connectivity index (χ4v) is 2.65. The molecule has 1 unspecified atom stereocenters. The second kappa shape index (κ2) is 12.5. The van der Waals surface area contributed by atoms with Crippen LogP contribution in [0.25, 0.3) is 0 Å². The molecule has 0 heteroatoms. The van der Waals surface area contributed by atoms with E-state index in [0.717, 1.165) is 5.92 Å². The highest BCUT2D eigenvalue weighted by atomic mass is 14.1. The molecule has 0 heterocycles. The summed E-state index contributed by atoms with van der Waals surface area (Å²) in [6.45, 7) is 14.9. The molecular weight excluding hydrogens is 228 g/mol. The molecular formula is C19H36. The van der Waals surface area contributed by atoms with Gasteiger partial charge in [0.05, 0.1) is 0 Å². The van der Waals surface area contributed by atoms with Crippen LogP contribution in [-0.4, -0.2) is 0 Å². The minimum Gasteiger partial charge on any atom is -0.100 e. The van der Waals surface area contributed by atoms with Crippen LogP contribution in [0.3, 0.4) is 0 Å². The molecule has 0 aliphatic heterocycles. The third kappa shape index (κ3) is 12.3. The molecule has 0 saturated carbocycles. The molecule has 0 N–H and O–H groups in total. The Morgan fingerprint density at radius 2 is 1.47 bits per heavy atom. The molecule has 0 rings (SSSR count). The molecule has 0 nitrogen and oxygen atoms in total. The molecule has 0 saturated heterocycles. The first kappa shape index (κ1) is 18.5. The Kier molecular flexibility index (Phi) is 12.2. The maximum absolute atomic E-state index is 4.25. The number of rotatable bonds is 13. The maximum atomic E-state index is 4.25. The summed E-state index contributed by atoms with van der Waals surface area (Å²) >= 11 is 0. The van der Waals surface area contributed by atoms with E-state index in [4.69, 9.17) is 0 Å². The van der Waals surface area contributed by atoms with Gasteiger partial charge in [0.25, 0.3) is 0 Å². The molecule has 0 fully saturated rings. The smallest absolute Gasteiger partial charge is 0.0320 e. The van der Waals surface area contributed by atoms with Gasteiger partial charge in [-0.05, 0) is 51.4 Å². The lowest BCUT2D eigenvalue weighted by molar-refractivity contribution is 0.429. The van der Waals surface area contributed by atoms with E-state index < -0.39 is 0 Å². The second-order valence-electron chi connectivity index (χ2n) is 6.22. The van der Waals surface area contributed by atoms with Crippen molar-refractivity contribution >= 4 is 0 Å². The van der Waals surface area contributed by atoms with Crippen LogP contribution < -0.4 is 0 Å². The van der Waals surface area contributed by atoms with Gasteiger partial charge < -0.3 is 0 Å². The topological polar surface area (TPSA) is 0 Å². The molecule has 0 aliphatic carbocycles. The molecule has 0 aromatic rings. The Hall–Kier alpha value is -0.520. The van der Waals surface area contributed by atoms with Crippen molar-refractivity contribution in [1.82, 2.24) is 0 Å². The summed E-state index contributed by atoms with van der Waals surface area (Å²) in [5.41, 5.74) is 2.81. The third-order valence-corrected chi connectivity index (χ3v) is 4.06. The highest BCUT2D eigenvalue weighted by Gasteiger charge is 2.05. The van der Waals surface area contributed by atoms with E-state index in [9.17, 15) is 0 Å². The lowest BCUT2D eigenvalue weighted by atomic mass is 9.92. The monoisotopic (exact) mass is 264 g/mol. The molecule has 0 aromatic heterocycles. The van der Waals surface area contributed by atoms with Gasteiger partial charge in [0.1, 0.15) is 0 Å². The summed E-state index contributed by atoms with van der Waals surface area (Å²) in [7, 11) is 0. The zero-order valence-corrected chi connectivity index (χ0v) is 13.8. The van der Waals surface area contributed by atoms with Crippen LogP contribution in [0.2, 0.25) is 0 Å². The predicted octanol–water partition coefficient (Wildman–Crippen LogP) is 7.07. The third-order valence-electron chi connectivity index (χ3n) is 4.06. The first-order chi connectivity index (χ1) is 9.10. The van der Waals surface area contributed by atoms with Crippen molar-refractivity contribution in [2.45, 2.75) is 91.4 Å². The molecule has 0 aromatic carbocycles. The van der Waals surface area contributed by atoms with E-state index >= 15 is 0 Å². The standard InChI is InChI=1S/C19H36/c1-6-12-19(7-2)16-15-18(5)14-11-9-8-10-13-17(3)4/h19H,3,5-16H2,1-2,4H3. The van der Waals surface area contributed by atoms with E-state index in [2.05, 4.69) is 33.9 Å². The van der Waals surface area contributed by atoms with Crippen LogP contribution >= 0.6 is 0 Å². The molecule has 0 bridgehead atoms. The van der Waals surface area contributed by atoms with Gasteiger partial charge in [-0.15, -0.1) is 6.58 Å². The average molecular weight is 264 g/mol. The Morgan fingerprint density at radius 1 is 0.842 bits per heavy atom. The number of hydrogen-bond donors (Lipinski definition) is 0. The minimum absolute atomic E-state index is 0.928. The molecule has 1 atom stereocenters. The van der Waals surface area contributed by atoms with Gasteiger partial charge in [-0.2, -0.15) is 0 Å². The molecule has 0 aliphatic rings. The van der Waals surface area contributed by atoms with Gasteiger partial charge in [-0.25, -0.2) is 0 Å². The molecule has 19 heavy (non-hydrogen) atoms. The molecule has 0 amide bonds. The van der Waals surface area contributed by atoms with Crippen molar-refractivity contribution in [3.05, 3.63) is 24.3 Å². The van der Waals surface area contributed by atoms with E-state index in [-0.39, 0.29) is 0 Å². The number of allylic oxidation sites excluding steroid dienone is 2. The van der Waals surface area contributed by atoms with Gasteiger partial charge in [0.15, 0.2) is 0 Å². The van der Waals surface area contributed by atoms with Crippen LogP contribution in [0.5, 0.6) is 0 Å². The average Bonchev–Trinajstić information content (AvgIpc) is 2.38. The van der Waals surface area contributed by atoms with Crippen molar-refractivity contribution in [2.24, 2.45) is 5.92 Å². The van der Waals surface area contributed by atoms with Gasteiger partial charge in [-0.1, -0.05) is 63.7 Å². The van der Waals surface area contributed by atoms with Crippen LogP contribution in [-0.2, 0) is 0 Å². The highest BCUT2D eigenvalue weighted by molar-refractivity contribution is 4.94. The van der Waals surface area contributed by atoms with Crippen LogP contribution in [0.15, 0.2) is 24.3 Å². The van der Waals surface area contributed by atoms with Gasteiger partial charge >= 0.3 is 0 Å². The molecule has 0 radical (unpaired) electrons. The van der Waals surface area contributed by atoms with Gasteiger partial charge in [0, 0.05) is 0 Å². The largest absolute Gasteiger partial charge is 0.100 e. The number of hydrogen-bond acceptors (Lipinski definition) is 0. The van der Waals surface area contributed by atoms with Crippen LogP contribution in [0, 0.1) is 5.92 Å². The zero-order valence-electron chi connectivity index (χ0n) is 13.8. The Bertz CT molecular complexity index is 236. The quantitative estimate of drug-likeness (QED) is 0.246. The summed E-state index contributed by atoms with van der Waals surface area (Å²) in [5, 5.41) is 0. The molecule has 0 spiro atoms. The van der Waals surface area contributed by atoms with Crippen molar-refractivity contribution in [3.63, 3.8) is 0 Å². The fourth-order valence-electron chi connectivity index (χ4n) is 2.65. The van der Waals surface area contributed by atoms with Crippen molar-refractivity contribution in [2.75, 3.05) is 0 Å². The van der Waals surface area contributed by atoms with E-state index in [1.165, 1.54) is 81.8 Å². The van der Waals surface area contributed by atoms with E-state index in [1.807, 2.05) is 0 Å². The second-order valence-corrected chi connectivity index (χ2v) is 6.22. The Morgan fingerprint density at radius 3 is 2.00 bits per heavy atom. The summed E-state index contributed by atoms with van der Waals surface area (Å²) in [5.74, 6) is 0.928. The zero-order chi connectivity index (χ0) is 14.5. The summed E-state index contributed by atoms with van der Waals surface area (Å²) < 4.78 is 0. The maximum Gasteiger partial charge on any atom is -0.0320 e. The first-order valence-electron chi connectivity index (χ1n) is 8.41. The van der Waals surface area contributed by atoms with E-state index in [0.29, 0.717) is 0 Å². The minimum atomic E-state index is 0.928. The van der Waals surface area contributed by atoms with E-state index in [1.54, 1.807) is 0 Å². The van der Waals surface area contributed by atoms with Crippen molar-refractivity contribution in [3.8, 4) is 0 Å². The SMILES string of the molecule is C=C(C)CCCCCCC(=C)CCC(CC)CCC. The number of unbranched alkanes of at least 4 members (excludes halogenated alkanes) is 3. The highest BCUT2D eigenvalue weighted by Crippen LogP contribution is 2.22. The lowest BCUT2D eigenvalue weighted by Gasteiger charge is -2.14. The van der Waals surface area contributed by atoms with Crippen molar-refractivity contribution < 1.29 is 0 Å². The summed E-state index contributed by atoms with van der Waals surface area (Å²) in [4.78, 5) is 0. The fraction of sp³-hybridized carbons (Fsp3) is 0.789. The van der Waals surface area contributed by atoms with Crippen LogP contribution in [0.1, 0.15) is 91.4 Å². The Balaban J connectivity index is 3.46. The lowest BCUT2D eigenvalue weighted by Crippen LogP contribution is -1.99. The van der Waals surface area contributed by atoms with Crippen molar-refractivity contribution in [1.29, 1.82) is 0 Å². The van der Waals surface area contributed by atoms with Gasteiger partial charge in [0.2, 0.25) is 0 Å². The Labute approximate surface area is 122 Å².